The number of aromatic nitrogens is 2. The fourth-order valence-corrected chi connectivity index (χ4v) is 2.62. The van der Waals surface area contributed by atoms with Gasteiger partial charge in [0.15, 0.2) is 0 Å². The third-order valence-electron chi connectivity index (χ3n) is 3.98. The van der Waals surface area contributed by atoms with Gasteiger partial charge >= 0.3 is 0 Å². The van der Waals surface area contributed by atoms with Crippen molar-refractivity contribution in [1.82, 2.24) is 20.2 Å². The Morgan fingerprint density at radius 2 is 2.00 bits per heavy atom. The average Bonchev–Trinajstić information content (AvgIpc) is 2.43. The number of H-pyrrole nitrogens is 1. The molecule has 0 unspecified atom stereocenters. The van der Waals surface area contributed by atoms with Crippen molar-refractivity contribution in [3.8, 4) is 5.88 Å². The van der Waals surface area contributed by atoms with E-state index < -0.39 is 5.54 Å². The number of hydrogen-bond donors (Lipinski definition) is 3. The molecular weight excluding hydrogens is 256 g/mol. The first-order valence-corrected chi connectivity index (χ1v) is 7.25. The lowest BCUT2D eigenvalue weighted by Crippen LogP contribution is -2.52. The van der Waals surface area contributed by atoms with Crippen molar-refractivity contribution in [1.29, 1.82) is 0 Å². The number of aromatic amines is 1. The Hall–Kier alpha value is -1.40. The standard InChI is InChI=1S/C14H24N4O2/c1-4-5-10-11(19)16-13(17-12(10)20)14(2,3)18-8-6-15-7-9-18/h15H,4-9H2,1-3H3,(H2,16,17,19,20). The Bertz CT molecular complexity index is 518. The summed E-state index contributed by atoms with van der Waals surface area (Å²) in [5, 5.41) is 13.3. The SMILES string of the molecule is CCCc1c(O)nc(C(C)(C)N2CCNCC2)[nH]c1=O. The summed E-state index contributed by atoms with van der Waals surface area (Å²) in [5.41, 5.74) is -0.242. The highest BCUT2D eigenvalue weighted by Gasteiger charge is 2.32. The molecule has 6 nitrogen and oxygen atoms in total. The molecule has 0 bridgehead atoms. The van der Waals surface area contributed by atoms with E-state index in [4.69, 9.17) is 0 Å². The number of nitrogens with zero attached hydrogens (tertiary/aromatic N) is 2. The fourth-order valence-electron chi connectivity index (χ4n) is 2.62. The molecule has 1 aromatic rings. The van der Waals surface area contributed by atoms with Crippen molar-refractivity contribution in [2.75, 3.05) is 26.2 Å². The number of rotatable bonds is 4. The predicted molar refractivity (Wildman–Crippen MR) is 78.0 cm³/mol. The summed E-state index contributed by atoms with van der Waals surface area (Å²) in [5.74, 6) is 0.399. The Kier molecular flexibility index (Phi) is 4.45. The lowest BCUT2D eigenvalue weighted by atomic mass is 10.00. The Labute approximate surface area is 119 Å². The summed E-state index contributed by atoms with van der Waals surface area (Å²) in [4.78, 5) is 21.4. The molecule has 0 spiro atoms. The van der Waals surface area contributed by atoms with Gasteiger partial charge in [0.05, 0.1) is 11.1 Å². The highest BCUT2D eigenvalue weighted by atomic mass is 16.3. The fraction of sp³-hybridized carbons (Fsp3) is 0.714. The Morgan fingerprint density at radius 3 is 2.55 bits per heavy atom. The van der Waals surface area contributed by atoms with Crippen LogP contribution in [0, 0.1) is 0 Å². The van der Waals surface area contributed by atoms with E-state index >= 15 is 0 Å². The summed E-state index contributed by atoms with van der Waals surface area (Å²) in [6, 6.07) is 0. The summed E-state index contributed by atoms with van der Waals surface area (Å²) in [6.07, 6.45) is 1.35. The van der Waals surface area contributed by atoms with Crippen molar-refractivity contribution in [2.24, 2.45) is 0 Å². The molecule has 0 aromatic carbocycles. The molecule has 6 heteroatoms. The van der Waals surface area contributed by atoms with Crippen LogP contribution in [0.25, 0.3) is 0 Å². The second-order valence-electron chi connectivity index (χ2n) is 5.76. The summed E-state index contributed by atoms with van der Waals surface area (Å²) in [6.45, 7) is 9.66. The largest absolute Gasteiger partial charge is 0.493 e. The van der Waals surface area contributed by atoms with Crippen LogP contribution in [-0.4, -0.2) is 46.2 Å². The van der Waals surface area contributed by atoms with Crippen LogP contribution in [0.4, 0.5) is 0 Å². The zero-order valence-corrected chi connectivity index (χ0v) is 12.5. The lowest BCUT2D eigenvalue weighted by Gasteiger charge is -2.40. The molecule has 3 N–H and O–H groups in total. The van der Waals surface area contributed by atoms with Gasteiger partial charge in [-0.15, -0.1) is 0 Å². The number of aromatic hydroxyl groups is 1. The molecule has 0 amide bonds. The number of hydrogen-bond acceptors (Lipinski definition) is 5. The first-order valence-electron chi connectivity index (χ1n) is 7.25. The van der Waals surface area contributed by atoms with E-state index in [2.05, 4.69) is 20.2 Å². The molecule has 2 rings (SSSR count). The van der Waals surface area contributed by atoms with Gasteiger partial charge in [-0.1, -0.05) is 13.3 Å². The molecule has 20 heavy (non-hydrogen) atoms. The van der Waals surface area contributed by atoms with Crippen LogP contribution in [-0.2, 0) is 12.0 Å². The molecule has 1 aliphatic rings. The van der Waals surface area contributed by atoms with Gasteiger partial charge in [-0.05, 0) is 20.3 Å². The molecule has 0 aliphatic carbocycles. The van der Waals surface area contributed by atoms with Crippen molar-refractivity contribution >= 4 is 0 Å². The zero-order chi connectivity index (χ0) is 14.8. The predicted octanol–water partition coefficient (Wildman–Crippen LogP) is 0.568. The van der Waals surface area contributed by atoms with Gasteiger partial charge in [0.25, 0.3) is 5.56 Å². The maximum atomic E-state index is 12.1. The van der Waals surface area contributed by atoms with Crippen LogP contribution in [0.15, 0.2) is 4.79 Å². The highest BCUT2D eigenvalue weighted by Crippen LogP contribution is 2.26. The lowest BCUT2D eigenvalue weighted by molar-refractivity contribution is 0.0938. The first kappa shape index (κ1) is 15.0. The molecular formula is C14H24N4O2. The molecule has 2 heterocycles. The van der Waals surface area contributed by atoms with Gasteiger partial charge < -0.3 is 15.4 Å². The monoisotopic (exact) mass is 280 g/mol. The van der Waals surface area contributed by atoms with E-state index in [1.807, 2.05) is 20.8 Å². The normalized spacial score (nSPS) is 17.4. The van der Waals surface area contributed by atoms with E-state index in [0.717, 1.165) is 32.6 Å². The summed E-state index contributed by atoms with van der Waals surface area (Å²) < 4.78 is 0. The van der Waals surface area contributed by atoms with Crippen molar-refractivity contribution < 1.29 is 5.11 Å². The topological polar surface area (TPSA) is 81.2 Å². The average molecular weight is 280 g/mol. The van der Waals surface area contributed by atoms with Crippen LogP contribution >= 0.6 is 0 Å². The van der Waals surface area contributed by atoms with Crippen LogP contribution in [0.2, 0.25) is 0 Å². The Balaban J connectivity index is 2.34. The van der Waals surface area contributed by atoms with Crippen LogP contribution < -0.4 is 10.9 Å². The van der Waals surface area contributed by atoms with E-state index in [1.165, 1.54) is 0 Å². The van der Waals surface area contributed by atoms with Crippen molar-refractivity contribution in [3.05, 3.63) is 21.7 Å². The van der Waals surface area contributed by atoms with Crippen molar-refractivity contribution in [3.63, 3.8) is 0 Å². The van der Waals surface area contributed by atoms with E-state index in [1.54, 1.807) is 0 Å². The first-order chi connectivity index (χ1) is 9.46. The van der Waals surface area contributed by atoms with Gasteiger partial charge in [0, 0.05) is 26.2 Å². The van der Waals surface area contributed by atoms with Gasteiger partial charge in [-0.2, -0.15) is 4.98 Å². The third kappa shape index (κ3) is 2.86. The highest BCUT2D eigenvalue weighted by molar-refractivity contribution is 5.24. The third-order valence-corrected chi connectivity index (χ3v) is 3.98. The van der Waals surface area contributed by atoms with E-state index in [9.17, 15) is 9.90 Å². The molecule has 1 saturated heterocycles. The maximum absolute atomic E-state index is 12.1. The minimum absolute atomic E-state index is 0.131. The molecule has 0 radical (unpaired) electrons. The van der Waals surface area contributed by atoms with Gasteiger partial charge in [-0.3, -0.25) is 9.69 Å². The summed E-state index contributed by atoms with van der Waals surface area (Å²) >= 11 is 0. The van der Waals surface area contributed by atoms with Gasteiger partial charge in [0.2, 0.25) is 5.88 Å². The van der Waals surface area contributed by atoms with Crippen LogP contribution in [0.3, 0.4) is 0 Å². The van der Waals surface area contributed by atoms with Gasteiger partial charge in [-0.25, -0.2) is 0 Å². The van der Waals surface area contributed by atoms with Crippen LogP contribution in [0.5, 0.6) is 5.88 Å². The molecule has 0 atom stereocenters. The Morgan fingerprint density at radius 1 is 1.35 bits per heavy atom. The zero-order valence-electron chi connectivity index (χ0n) is 12.5. The van der Waals surface area contributed by atoms with Crippen LogP contribution in [0.1, 0.15) is 38.6 Å². The molecule has 112 valence electrons. The van der Waals surface area contributed by atoms with E-state index in [0.29, 0.717) is 17.8 Å². The second kappa shape index (κ2) is 5.93. The smallest absolute Gasteiger partial charge is 0.257 e. The quantitative estimate of drug-likeness (QED) is 0.751. The number of piperazine rings is 1. The minimum atomic E-state index is -0.399. The molecule has 1 aliphatic heterocycles. The summed E-state index contributed by atoms with van der Waals surface area (Å²) in [7, 11) is 0. The molecule has 1 fully saturated rings. The molecule has 1 aromatic heterocycles. The maximum Gasteiger partial charge on any atom is 0.257 e. The van der Waals surface area contributed by atoms with Crippen molar-refractivity contribution in [2.45, 2.75) is 39.2 Å². The van der Waals surface area contributed by atoms with E-state index in [-0.39, 0.29) is 11.4 Å². The minimum Gasteiger partial charge on any atom is -0.493 e. The number of nitrogens with one attached hydrogen (secondary N) is 2. The second-order valence-corrected chi connectivity index (χ2v) is 5.76. The van der Waals surface area contributed by atoms with Gasteiger partial charge in [0.1, 0.15) is 5.82 Å². The molecule has 0 saturated carbocycles.